The zero-order valence-electron chi connectivity index (χ0n) is 15.2. The van der Waals surface area contributed by atoms with Gasteiger partial charge < -0.3 is 9.47 Å². The highest BCUT2D eigenvalue weighted by molar-refractivity contribution is 5.81. The number of halogens is 1. The van der Waals surface area contributed by atoms with Crippen LogP contribution < -0.4 is 0 Å². The summed E-state index contributed by atoms with van der Waals surface area (Å²) >= 11 is 0. The fourth-order valence-electron chi connectivity index (χ4n) is 3.38. The summed E-state index contributed by atoms with van der Waals surface area (Å²) in [5.74, 6) is 0.188. The number of hydrogen-bond donors (Lipinski definition) is 0. The summed E-state index contributed by atoms with van der Waals surface area (Å²) in [6.07, 6.45) is 3.98. The summed E-state index contributed by atoms with van der Waals surface area (Å²) in [4.78, 5) is 14.8. The van der Waals surface area contributed by atoms with Crippen LogP contribution in [0.2, 0.25) is 0 Å². The lowest BCUT2D eigenvalue weighted by molar-refractivity contribution is -0.133. The Bertz CT molecular complexity index is 915. The van der Waals surface area contributed by atoms with Gasteiger partial charge in [-0.15, -0.1) is 0 Å². The monoisotopic (exact) mass is 362 g/mol. The van der Waals surface area contributed by atoms with Crippen molar-refractivity contribution in [1.29, 1.82) is 0 Å². The zero-order chi connectivity index (χ0) is 18.6. The predicted octanol–water partition coefficient (Wildman–Crippen LogP) is 4.61. The second-order valence-corrected chi connectivity index (χ2v) is 7.21. The van der Waals surface area contributed by atoms with Gasteiger partial charge in [-0.2, -0.15) is 0 Å². The minimum atomic E-state index is -0.226. The van der Waals surface area contributed by atoms with Crippen molar-refractivity contribution in [2.24, 2.45) is 5.92 Å². The first-order chi connectivity index (χ1) is 13.2. The van der Waals surface area contributed by atoms with Gasteiger partial charge in [-0.3, -0.25) is 4.79 Å². The predicted molar refractivity (Wildman–Crippen MR) is 103 cm³/mol. The Morgan fingerprint density at radius 3 is 2.48 bits per heavy atom. The maximum atomic E-state index is 13.5. The molecule has 0 radical (unpaired) electrons. The molecule has 0 unspecified atom stereocenters. The normalized spacial score (nSPS) is 13.5. The minimum absolute atomic E-state index is 0.181. The molecule has 0 bridgehead atoms. The molecule has 1 heterocycles. The number of benzene rings is 2. The fourth-order valence-corrected chi connectivity index (χ4v) is 3.38. The van der Waals surface area contributed by atoms with Crippen molar-refractivity contribution >= 4 is 5.91 Å². The van der Waals surface area contributed by atoms with Crippen molar-refractivity contribution in [2.75, 3.05) is 0 Å². The highest BCUT2D eigenvalue weighted by atomic mass is 19.1. The van der Waals surface area contributed by atoms with E-state index >= 15 is 0 Å². The smallest absolute Gasteiger partial charge is 0.226 e. The number of amides is 1. The molecule has 4 rings (SSSR count). The summed E-state index contributed by atoms with van der Waals surface area (Å²) in [6, 6.07) is 20.8. The Labute approximate surface area is 159 Å². The lowest BCUT2D eigenvalue weighted by atomic mass is 10.2. The van der Waals surface area contributed by atoms with Crippen LogP contribution in [0, 0.1) is 11.7 Å². The van der Waals surface area contributed by atoms with Gasteiger partial charge in [0.25, 0.3) is 0 Å². The Morgan fingerprint density at radius 2 is 1.74 bits per heavy atom. The molecule has 4 heteroatoms. The first kappa shape index (κ1) is 17.5. The Hall–Kier alpha value is -2.88. The molecule has 1 aliphatic rings. The lowest BCUT2D eigenvalue weighted by Crippen LogP contribution is -2.32. The van der Waals surface area contributed by atoms with Crippen LogP contribution in [0.1, 0.15) is 29.7 Å². The molecule has 3 nitrogen and oxygen atoms in total. The molecule has 0 atom stereocenters. The Kier molecular flexibility index (Phi) is 5.05. The third-order valence-corrected chi connectivity index (χ3v) is 4.97. The van der Waals surface area contributed by atoms with Crippen molar-refractivity contribution in [2.45, 2.75) is 32.5 Å². The van der Waals surface area contributed by atoms with Gasteiger partial charge in [-0.05, 0) is 48.2 Å². The maximum absolute atomic E-state index is 13.5. The molecule has 2 aromatic carbocycles. The van der Waals surface area contributed by atoms with Gasteiger partial charge in [0, 0.05) is 30.9 Å². The van der Waals surface area contributed by atoms with Crippen molar-refractivity contribution in [3.05, 3.63) is 95.6 Å². The van der Waals surface area contributed by atoms with Crippen LogP contribution in [0.15, 0.2) is 72.9 Å². The molecular weight excluding hydrogens is 339 g/mol. The molecule has 3 aromatic rings. The summed E-state index contributed by atoms with van der Waals surface area (Å²) in [5.41, 5.74) is 3.11. The number of aromatic nitrogens is 1. The Balaban J connectivity index is 1.53. The van der Waals surface area contributed by atoms with Gasteiger partial charge in [0.1, 0.15) is 5.82 Å². The van der Waals surface area contributed by atoms with Crippen LogP contribution in [-0.2, 0) is 24.4 Å². The second-order valence-electron chi connectivity index (χ2n) is 7.21. The van der Waals surface area contributed by atoms with E-state index in [-0.39, 0.29) is 17.6 Å². The van der Waals surface area contributed by atoms with E-state index in [0.29, 0.717) is 19.6 Å². The summed E-state index contributed by atoms with van der Waals surface area (Å²) in [5, 5.41) is 0. The summed E-state index contributed by atoms with van der Waals surface area (Å²) in [6.45, 7) is 1.77. The van der Waals surface area contributed by atoms with Gasteiger partial charge in [0.05, 0.1) is 6.54 Å². The molecule has 0 spiro atoms. The molecule has 138 valence electrons. The van der Waals surface area contributed by atoms with E-state index in [1.54, 1.807) is 12.1 Å². The molecule has 1 amide bonds. The summed E-state index contributed by atoms with van der Waals surface area (Å²) in [7, 11) is 0. The molecule has 1 fully saturated rings. The van der Waals surface area contributed by atoms with Crippen molar-refractivity contribution in [3.63, 3.8) is 0 Å². The third-order valence-electron chi connectivity index (χ3n) is 4.97. The first-order valence-electron chi connectivity index (χ1n) is 9.40. The van der Waals surface area contributed by atoms with Crippen molar-refractivity contribution in [1.82, 2.24) is 9.47 Å². The molecule has 0 saturated heterocycles. The lowest BCUT2D eigenvalue weighted by Gasteiger charge is -2.24. The van der Waals surface area contributed by atoms with Crippen molar-refractivity contribution < 1.29 is 9.18 Å². The van der Waals surface area contributed by atoms with Gasteiger partial charge >= 0.3 is 0 Å². The van der Waals surface area contributed by atoms with Crippen LogP contribution in [0.4, 0.5) is 4.39 Å². The molecular formula is C23H23FN2O. The average molecular weight is 362 g/mol. The molecule has 0 aliphatic heterocycles. The maximum Gasteiger partial charge on any atom is 0.226 e. The number of nitrogens with zero attached hydrogens (tertiary/aromatic N) is 2. The molecule has 1 saturated carbocycles. The first-order valence-corrected chi connectivity index (χ1v) is 9.40. The van der Waals surface area contributed by atoms with E-state index in [9.17, 15) is 9.18 Å². The topological polar surface area (TPSA) is 25.2 Å². The number of carbonyl (C=O) groups excluding carboxylic acids is 1. The van der Waals surface area contributed by atoms with Gasteiger partial charge in [0.2, 0.25) is 5.91 Å². The molecule has 1 aliphatic carbocycles. The summed E-state index contributed by atoms with van der Waals surface area (Å²) < 4.78 is 15.6. The Morgan fingerprint density at radius 1 is 0.963 bits per heavy atom. The van der Waals surface area contributed by atoms with E-state index < -0.39 is 0 Å². The molecule has 1 aromatic heterocycles. The average Bonchev–Trinajstić information content (AvgIpc) is 3.44. The SMILES string of the molecule is O=C(C1CC1)N(Cc1ccccc1)Cc1cccn1Cc1cccc(F)c1. The standard InChI is InChI=1S/C23H23FN2O/c24-21-9-4-8-19(14-21)16-25-13-5-10-22(25)17-26(23(27)20-11-12-20)15-18-6-2-1-3-7-18/h1-10,13-14,20H,11-12,15-17H2. The van der Waals surface area contributed by atoms with Crippen LogP contribution in [0.5, 0.6) is 0 Å². The zero-order valence-corrected chi connectivity index (χ0v) is 15.2. The molecule has 27 heavy (non-hydrogen) atoms. The number of hydrogen-bond acceptors (Lipinski definition) is 1. The van der Waals surface area contributed by atoms with Crippen LogP contribution in [0.25, 0.3) is 0 Å². The van der Waals surface area contributed by atoms with E-state index in [2.05, 4.69) is 16.7 Å². The van der Waals surface area contributed by atoms with Gasteiger partial charge in [0.15, 0.2) is 0 Å². The van der Waals surface area contributed by atoms with Crippen LogP contribution in [0.3, 0.4) is 0 Å². The number of rotatable bonds is 7. The minimum Gasteiger partial charge on any atom is -0.345 e. The van der Waals surface area contributed by atoms with Crippen LogP contribution in [-0.4, -0.2) is 15.4 Å². The third kappa shape index (κ3) is 4.45. The van der Waals surface area contributed by atoms with Gasteiger partial charge in [-0.1, -0.05) is 42.5 Å². The second kappa shape index (κ2) is 7.78. The van der Waals surface area contributed by atoms with E-state index in [4.69, 9.17) is 0 Å². The number of carbonyl (C=O) groups is 1. The largest absolute Gasteiger partial charge is 0.345 e. The van der Waals surface area contributed by atoms with E-state index in [1.165, 1.54) is 6.07 Å². The fraction of sp³-hybridized carbons (Fsp3) is 0.261. The highest BCUT2D eigenvalue weighted by Crippen LogP contribution is 2.32. The highest BCUT2D eigenvalue weighted by Gasteiger charge is 2.33. The van der Waals surface area contributed by atoms with Crippen LogP contribution >= 0.6 is 0 Å². The quantitative estimate of drug-likeness (QED) is 0.602. The molecule has 0 N–H and O–H groups in total. The van der Waals surface area contributed by atoms with E-state index in [0.717, 1.165) is 29.7 Å². The van der Waals surface area contributed by atoms with E-state index in [1.807, 2.05) is 47.5 Å². The van der Waals surface area contributed by atoms with Crippen molar-refractivity contribution in [3.8, 4) is 0 Å². The van der Waals surface area contributed by atoms with Gasteiger partial charge in [-0.25, -0.2) is 4.39 Å².